The first-order valence-electron chi connectivity index (χ1n) is 11.4. The summed E-state index contributed by atoms with van der Waals surface area (Å²) in [4.78, 5) is 28.6. The number of carbonyl (C=O) groups is 2. The molecule has 2 heterocycles. The van der Waals surface area contributed by atoms with Gasteiger partial charge in [-0.05, 0) is 55.5 Å². The Labute approximate surface area is 224 Å². The van der Waals surface area contributed by atoms with E-state index in [1.807, 2.05) is 6.92 Å². The summed E-state index contributed by atoms with van der Waals surface area (Å²) in [5, 5.41) is 6.72. The highest BCUT2D eigenvalue weighted by Gasteiger charge is 2.43. The van der Waals surface area contributed by atoms with E-state index in [1.54, 1.807) is 50.6 Å². The predicted molar refractivity (Wildman–Crippen MR) is 138 cm³/mol. The first-order chi connectivity index (χ1) is 18.0. The van der Waals surface area contributed by atoms with Crippen LogP contribution < -0.4 is 25.6 Å². The van der Waals surface area contributed by atoms with E-state index in [4.69, 9.17) is 21.5 Å². The van der Waals surface area contributed by atoms with Gasteiger partial charge in [-0.3, -0.25) is 19.8 Å². The first-order valence-corrected chi connectivity index (χ1v) is 13.3. The summed E-state index contributed by atoms with van der Waals surface area (Å²) in [6, 6.07) is 12.1. The average molecular weight is 559 g/mol. The Hall–Kier alpha value is -4.04. The van der Waals surface area contributed by atoms with Crippen LogP contribution in [0.15, 0.2) is 62.3 Å². The number of nitrogens with one attached hydrogen (secondary N) is 1. The summed E-state index contributed by atoms with van der Waals surface area (Å²) in [7, 11) is 0.499. The Morgan fingerprint density at radius 1 is 1.21 bits per heavy atom. The highest BCUT2D eigenvalue weighted by atomic mass is 32.2. The lowest BCUT2D eigenvalue weighted by atomic mass is 10.1. The molecule has 2 aromatic carbocycles. The maximum absolute atomic E-state index is 13.0. The fraction of sp³-hybridized carbons (Fsp3) is 0.292. The number of hydrogen-bond donors (Lipinski definition) is 1. The second-order valence-electron chi connectivity index (χ2n) is 8.63. The second-order valence-corrected chi connectivity index (χ2v) is 10.6. The molecule has 1 aromatic heterocycles. The predicted octanol–water partition coefficient (Wildman–Crippen LogP) is 0.624. The zero-order valence-electron chi connectivity index (χ0n) is 21.1. The molecule has 0 saturated carbocycles. The van der Waals surface area contributed by atoms with Gasteiger partial charge in [0.25, 0.3) is 27.2 Å². The Kier molecular flexibility index (Phi) is 7.64. The molecule has 1 unspecified atom stereocenters. The molecule has 0 radical (unpaired) electrons. The smallest absolute Gasteiger partial charge is 0.289 e. The summed E-state index contributed by atoms with van der Waals surface area (Å²) in [6.07, 6.45) is -0.196. The summed E-state index contributed by atoms with van der Waals surface area (Å²) < 4.78 is 41.2. The van der Waals surface area contributed by atoms with Gasteiger partial charge in [0.1, 0.15) is 25.4 Å². The molecule has 0 aliphatic carbocycles. The largest absolute Gasteiger partial charge is 0.497 e. The molecule has 1 saturated heterocycles. The van der Waals surface area contributed by atoms with Crippen LogP contribution in [0.4, 0.5) is 5.69 Å². The van der Waals surface area contributed by atoms with Gasteiger partial charge in [0, 0.05) is 12.7 Å². The number of rotatable bonds is 8. The lowest BCUT2D eigenvalue weighted by Crippen LogP contribution is -2.45. The number of likely N-dealkylation sites (N-methyl/N-ethyl adjacent to an activating group) is 1. The van der Waals surface area contributed by atoms with E-state index in [0.29, 0.717) is 11.4 Å². The first kappa shape index (κ1) is 27.0. The molecule has 38 heavy (non-hydrogen) atoms. The minimum atomic E-state index is -4.10. The Morgan fingerprint density at radius 2 is 1.87 bits per heavy atom. The Morgan fingerprint density at radius 3 is 2.50 bits per heavy atom. The van der Waals surface area contributed by atoms with E-state index in [-0.39, 0.29) is 40.1 Å². The number of carbonyl (C=O) groups excluding carboxylic acids is 2. The van der Waals surface area contributed by atoms with Crippen LogP contribution in [0.5, 0.6) is 5.75 Å². The quantitative estimate of drug-likeness (QED) is 0.311. The van der Waals surface area contributed by atoms with Gasteiger partial charge in [0.2, 0.25) is 5.91 Å². The minimum absolute atomic E-state index is 0.00668. The van der Waals surface area contributed by atoms with Crippen molar-refractivity contribution in [2.45, 2.75) is 30.8 Å². The molecule has 0 bridgehead atoms. The average Bonchev–Trinajstić information content (AvgIpc) is 3.31. The number of benzene rings is 2. The van der Waals surface area contributed by atoms with Crippen LogP contribution >= 0.6 is 12.2 Å². The van der Waals surface area contributed by atoms with E-state index in [0.717, 1.165) is 5.56 Å². The molecule has 1 N–H and O–H groups in total. The fourth-order valence-corrected chi connectivity index (χ4v) is 5.05. The standard InChI is InChI=1S/C24H26N6O6S2/c1-15-5-11-18(12-6-15)38(33,34)26-22-20(29(3)27-36-22)14-30-19(23(32)28(2)24(30)37)13-21(31)25-16-7-9-17(35-4)10-8-16/h5-12,19H,13-14H2,1-4H3,(H,25,31)/b26-22-. The molecule has 1 atom stereocenters. The summed E-state index contributed by atoms with van der Waals surface area (Å²) in [5.41, 5.74) is 1.44. The minimum Gasteiger partial charge on any atom is -0.497 e. The number of anilines is 1. The van der Waals surface area contributed by atoms with Gasteiger partial charge in [0.15, 0.2) is 5.11 Å². The number of thiocarbonyl (C=S) groups is 1. The topological polar surface area (TPSA) is 140 Å². The van der Waals surface area contributed by atoms with Crippen molar-refractivity contribution in [1.82, 2.24) is 15.1 Å². The number of methoxy groups -OCH3 is 1. The molecule has 12 nitrogen and oxygen atoms in total. The second kappa shape index (κ2) is 10.8. The number of aryl methyl sites for hydroxylation is 2. The van der Waals surface area contributed by atoms with Crippen molar-refractivity contribution in [3.63, 3.8) is 0 Å². The van der Waals surface area contributed by atoms with Gasteiger partial charge in [-0.1, -0.05) is 17.7 Å². The molecule has 14 heteroatoms. The Balaban J connectivity index is 1.59. The van der Waals surface area contributed by atoms with E-state index >= 15 is 0 Å². The SMILES string of the molecule is COc1ccc(NC(=O)CC2C(=O)N(C)C(=S)N2Cc2/c(=N/S(=O)(=O)c3ccc(C)cc3)o[n-][n+]2C)cc1. The van der Waals surface area contributed by atoms with Crippen LogP contribution in [0.25, 0.3) is 0 Å². The number of nitrogens with zero attached hydrogens (tertiary/aromatic N) is 5. The lowest BCUT2D eigenvalue weighted by Gasteiger charge is -2.21. The van der Waals surface area contributed by atoms with Crippen molar-refractivity contribution < 1.29 is 31.9 Å². The number of hydrogen-bond acceptors (Lipinski definition) is 7. The maximum atomic E-state index is 13.0. The third kappa shape index (κ3) is 5.60. The lowest BCUT2D eigenvalue weighted by molar-refractivity contribution is -0.752. The number of sulfonamides is 1. The van der Waals surface area contributed by atoms with Crippen molar-refractivity contribution in [1.29, 1.82) is 0 Å². The highest BCUT2D eigenvalue weighted by Crippen LogP contribution is 2.22. The summed E-state index contributed by atoms with van der Waals surface area (Å²) in [5.74, 6) is -0.137. The van der Waals surface area contributed by atoms with E-state index in [2.05, 4.69) is 15.0 Å². The molecular formula is C24H26N6O6S2. The van der Waals surface area contributed by atoms with Crippen molar-refractivity contribution in [3.8, 4) is 5.75 Å². The van der Waals surface area contributed by atoms with E-state index in [9.17, 15) is 18.0 Å². The van der Waals surface area contributed by atoms with Crippen LogP contribution in [0, 0.1) is 6.92 Å². The highest BCUT2D eigenvalue weighted by molar-refractivity contribution is 7.90. The van der Waals surface area contributed by atoms with Crippen molar-refractivity contribution in [3.05, 3.63) is 65.3 Å². The van der Waals surface area contributed by atoms with Gasteiger partial charge in [-0.15, -0.1) is 4.40 Å². The van der Waals surface area contributed by atoms with E-state index in [1.165, 1.54) is 33.7 Å². The van der Waals surface area contributed by atoms with Crippen LogP contribution in [0.2, 0.25) is 0 Å². The number of amides is 2. The summed E-state index contributed by atoms with van der Waals surface area (Å²) >= 11 is 5.46. The van der Waals surface area contributed by atoms with E-state index < -0.39 is 22.0 Å². The maximum Gasteiger partial charge on any atom is 0.289 e. The molecule has 4 rings (SSSR count). The summed E-state index contributed by atoms with van der Waals surface area (Å²) in [6.45, 7) is 1.77. The molecule has 200 valence electrons. The van der Waals surface area contributed by atoms with Gasteiger partial charge < -0.3 is 19.5 Å². The molecule has 1 aliphatic heterocycles. The molecule has 0 spiro atoms. The number of aromatic nitrogens is 2. The van der Waals surface area contributed by atoms with Crippen LogP contribution in [0.3, 0.4) is 0 Å². The third-order valence-corrected chi connectivity index (χ3v) is 7.79. The van der Waals surface area contributed by atoms with Crippen LogP contribution in [-0.2, 0) is 33.2 Å². The van der Waals surface area contributed by atoms with Crippen LogP contribution in [0.1, 0.15) is 17.7 Å². The van der Waals surface area contributed by atoms with Gasteiger partial charge in [-0.2, -0.15) is 8.42 Å². The third-order valence-electron chi connectivity index (χ3n) is 6.01. The fourth-order valence-electron chi connectivity index (χ4n) is 3.83. The zero-order chi connectivity index (χ0) is 27.6. The normalized spacial score (nSPS) is 16.3. The Bertz CT molecular complexity index is 1540. The van der Waals surface area contributed by atoms with Crippen LogP contribution in [-0.4, -0.2) is 55.3 Å². The molecular weight excluding hydrogens is 532 g/mol. The molecule has 1 aliphatic rings. The molecule has 2 amide bonds. The van der Waals surface area contributed by atoms with Gasteiger partial charge in [-0.25, -0.2) is 4.68 Å². The monoisotopic (exact) mass is 558 g/mol. The zero-order valence-corrected chi connectivity index (χ0v) is 22.7. The molecule has 1 fully saturated rings. The van der Waals surface area contributed by atoms with Crippen molar-refractivity contribution in [2.24, 2.45) is 11.4 Å². The number of ether oxygens (including phenoxy) is 1. The molecule has 3 aromatic rings. The van der Waals surface area contributed by atoms with Crippen molar-refractivity contribution in [2.75, 3.05) is 19.5 Å². The van der Waals surface area contributed by atoms with Gasteiger partial charge >= 0.3 is 0 Å². The van der Waals surface area contributed by atoms with Gasteiger partial charge in [0.05, 0.1) is 18.4 Å². The van der Waals surface area contributed by atoms with Crippen molar-refractivity contribution >= 4 is 44.9 Å².